The zero-order valence-corrected chi connectivity index (χ0v) is 18.8. The minimum absolute atomic E-state index is 0.0171. The predicted molar refractivity (Wildman–Crippen MR) is 112 cm³/mol. The van der Waals surface area contributed by atoms with E-state index in [0.29, 0.717) is 5.92 Å². The molecule has 3 saturated carbocycles. The lowest BCUT2D eigenvalue weighted by atomic mass is 9.47. The van der Waals surface area contributed by atoms with Gasteiger partial charge in [0.25, 0.3) is 0 Å². The lowest BCUT2D eigenvalue weighted by molar-refractivity contribution is -0.153. The third kappa shape index (κ3) is 3.45. The first-order chi connectivity index (χ1) is 13.6. The molecule has 0 aromatic rings. The van der Waals surface area contributed by atoms with E-state index in [2.05, 4.69) is 26.8 Å². The van der Waals surface area contributed by atoms with Crippen LogP contribution in [0.15, 0.2) is 11.6 Å². The van der Waals surface area contributed by atoms with Crippen molar-refractivity contribution >= 4 is 11.9 Å². The quantitative estimate of drug-likeness (QED) is 0.465. The van der Waals surface area contributed by atoms with Crippen LogP contribution in [0, 0.1) is 34.5 Å². The maximum atomic E-state index is 11.5. The van der Waals surface area contributed by atoms with Crippen LogP contribution < -0.4 is 0 Å². The molecule has 0 unspecified atom stereocenters. The summed E-state index contributed by atoms with van der Waals surface area (Å²) in [5.41, 5.74) is 2.09. The van der Waals surface area contributed by atoms with Gasteiger partial charge in [-0.15, -0.1) is 0 Å². The number of carbonyl (C=O) groups is 2. The number of esters is 2. The van der Waals surface area contributed by atoms with Gasteiger partial charge in [-0.05, 0) is 80.5 Å². The molecule has 8 atom stereocenters. The second-order valence-electron chi connectivity index (χ2n) is 10.8. The molecule has 0 N–H and O–H groups in total. The highest BCUT2D eigenvalue weighted by Gasteiger charge is 2.59. The Hall–Kier alpha value is -1.32. The third-order valence-electron chi connectivity index (χ3n) is 9.38. The Bertz CT molecular complexity index is 712. The van der Waals surface area contributed by atoms with E-state index in [9.17, 15) is 9.59 Å². The highest BCUT2D eigenvalue weighted by Crippen LogP contribution is 2.66. The molecule has 0 aromatic heterocycles. The van der Waals surface area contributed by atoms with Crippen molar-refractivity contribution in [2.24, 2.45) is 34.5 Å². The summed E-state index contributed by atoms with van der Waals surface area (Å²) in [5.74, 6) is 2.38. The summed E-state index contributed by atoms with van der Waals surface area (Å²) in [6.45, 7) is 10.1. The van der Waals surface area contributed by atoms with E-state index in [1.165, 1.54) is 39.5 Å². The Labute approximate surface area is 175 Å². The van der Waals surface area contributed by atoms with Crippen molar-refractivity contribution < 1.29 is 19.1 Å². The molecule has 0 aliphatic heterocycles. The number of carbonyl (C=O) groups excluding carboxylic acids is 2. The van der Waals surface area contributed by atoms with Gasteiger partial charge >= 0.3 is 11.9 Å². The first kappa shape index (κ1) is 20.9. The molecule has 4 nitrogen and oxygen atoms in total. The van der Waals surface area contributed by atoms with Gasteiger partial charge in [0, 0.05) is 26.2 Å². The summed E-state index contributed by atoms with van der Waals surface area (Å²) >= 11 is 0. The molecule has 4 heteroatoms. The van der Waals surface area contributed by atoms with Crippen molar-refractivity contribution in [2.75, 3.05) is 0 Å². The smallest absolute Gasteiger partial charge is 0.302 e. The van der Waals surface area contributed by atoms with Gasteiger partial charge in [-0.1, -0.05) is 25.5 Å². The summed E-state index contributed by atoms with van der Waals surface area (Å²) in [5, 5.41) is 0. The molecule has 3 fully saturated rings. The summed E-state index contributed by atoms with van der Waals surface area (Å²) < 4.78 is 11.2. The number of rotatable bonds is 3. The second-order valence-corrected chi connectivity index (χ2v) is 10.8. The van der Waals surface area contributed by atoms with Gasteiger partial charge in [-0.3, -0.25) is 9.59 Å². The number of ether oxygens (including phenoxy) is 2. The largest absolute Gasteiger partial charge is 0.463 e. The summed E-state index contributed by atoms with van der Waals surface area (Å²) in [7, 11) is 0. The molecule has 0 heterocycles. The van der Waals surface area contributed by atoms with Crippen LogP contribution in [-0.4, -0.2) is 24.1 Å². The minimum Gasteiger partial charge on any atom is -0.463 e. The van der Waals surface area contributed by atoms with Crippen LogP contribution in [0.5, 0.6) is 0 Å². The molecule has 4 rings (SSSR count). The summed E-state index contributed by atoms with van der Waals surface area (Å²) in [6.07, 6.45) is 11.8. The van der Waals surface area contributed by atoms with Crippen molar-refractivity contribution in [1.29, 1.82) is 0 Å². The number of hydrogen-bond donors (Lipinski definition) is 0. The van der Waals surface area contributed by atoms with Crippen molar-refractivity contribution in [3.63, 3.8) is 0 Å². The fraction of sp³-hybridized carbons (Fsp3) is 0.840. The lowest BCUT2D eigenvalue weighted by Gasteiger charge is -2.58. The van der Waals surface area contributed by atoms with Gasteiger partial charge in [0.15, 0.2) is 0 Å². The molecule has 4 aliphatic carbocycles. The molecule has 162 valence electrons. The zero-order chi connectivity index (χ0) is 21.0. The maximum absolute atomic E-state index is 11.5. The fourth-order valence-corrected chi connectivity index (χ4v) is 8.12. The van der Waals surface area contributed by atoms with Gasteiger partial charge in [-0.2, -0.15) is 0 Å². The van der Waals surface area contributed by atoms with Crippen molar-refractivity contribution in [2.45, 2.75) is 98.2 Å². The Kier molecular flexibility index (Phi) is 5.36. The highest BCUT2D eigenvalue weighted by atomic mass is 16.5. The van der Waals surface area contributed by atoms with Crippen molar-refractivity contribution in [3.05, 3.63) is 11.6 Å². The highest BCUT2D eigenvalue weighted by molar-refractivity contribution is 5.66. The molecule has 29 heavy (non-hydrogen) atoms. The van der Waals surface area contributed by atoms with Crippen LogP contribution in [0.1, 0.15) is 86.0 Å². The molecule has 0 aromatic carbocycles. The number of fused-ring (bicyclic) bond motifs is 5. The SMILES string of the molecule is CC(=O)O[C@@H]1CC[C@@]2(C)C(=CC[C@H]3[C@@H]4CC[C@H]([C@@H](C)OC(C)=O)[C@@]4(C)CC[C@@H]32)C1. The van der Waals surface area contributed by atoms with E-state index in [0.717, 1.165) is 43.4 Å². The molecular weight excluding hydrogens is 364 g/mol. The van der Waals surface area contributed by atoms with E-state index >= 15 is 0 Å². The van der Waals surface area contributed by atoms with E-state index in [1.807, 2.05) is 0 Å². The van der Waals surface area contributed by atoms with Crippen LogP contribution in [0.2, 0.25) is 0 Å². The summed E-state index contributed by atoms with van der Waals surface area (Å²) in [6, 6.07) is 0. The van der Waals surface area contributed by atoms with Crippen molar-refractivity contribution in [1.82, 2.24) is 0 Å². The Morgan fingerprint density at radius 1 is 1.03 bits per heavy atom. The van der Waals surface area contributed by atoms with Crippen LogP contribution in [-0.2, 0) is 19.1 Å². The Balaban J connectivity index is 1.54. The topological polar surface area (TPSA) is 52.6 Å². The fourth-order valence-electron chi connectivity index (χ4n) is 8.12. The predicted octanol–water partition coefficient (Wildman–Crippen LogP) is 5.45. The van der Waals surface area contributed by atoms with E-state index < -0.39 is 0 Å². The van der Waals surface area contributed by atoms with Gasteiger partial charge in [0.2, 0.25) is 0 Å². The molecule has 4 aliphatic rings. The maximum Gasteiger partial charge on any atom is 0.302 e. The molecular formula is C25H38O4. The van der Waals surface area contributed by atoms with E-state index in [-0.39, 0.29) is 35.0 Å². The van der Waals surface area contributed by atoms with E-state index in [1.54, 1.807) is 5.57 Å². The summed E-state index contributed by atoms with van der Waals surface area (Å²) in [4.78, 5) is 23.0. The first-order valence-electron chi connectivity index (χ1n) is 11.7. The zero-order valence-electron chi connectivity index (χ0n) is 18.8. The average Bonchev–Trinajstić information content (AvgIpc) is 2.98. The van der Waals surface area contributed by atoms with Crippen molar-refractivity contribution in [3.8, 4) is 0 Å². The molecule has 0 bridgehead atoms. The van der Waals surface area contributed by atoms with Gasteiger partial charge in [0.1, 0.15) is 12.2 Å². The Morgan fingerprint density at radius 3 is 2.48 bits per heavy atom. The van der Waals surface area contributed by atoms with Crippen LogP contribution in [0.4, 0.5) is 0 Å². The van der Waals surface area contributed by atoms with E-state index in [4.69, 9.17) is 9.47 Å². The first-order valence-corrected chi connectivity index (χ1v) is 11.7. The van der Waals surface area contributed by atoms with Crippen LogP contribution in [0.3, 0.4) is 0 Å². The monoisotopic (exact) mass is 402 g/mol. The Morgan fingerprint density at radius 2 is 1.79 bits per heavy atom. The molecule has 0 spiro atoms. The molecule has 0 amide bonds. The third-order valence-corrected chi connectivity index (χ3v) is 9.38. The standard InChI is InChI=1S/C25H38O4/c1-15(28-16(2)26)21-8-9-22-20-7-6-18-14-19(29-17(3)27)10-12-24(18,4)23(20)11-13-25(21,22)5/h6,15,19-23H,7-14H2,1-5H3/t15-,19-,20+,21-,22+,23+,24+,25-/m1/s1. The normalized spacial score (nSPS) is 44.6. The van der Waals surface area contributed by atoms with Gasteiger partial charge in [-0.25, -0.2) is 0 Å². The second kappa shape index (κ2) is 7.42. The van der Waals surface area contributed by atoms with Crippen LogP contribution in [0.25, 0.3) is 0 Å². The number of hydrogen-bond acceptors (Lipinski definition) is 4. The molecule has 0 saturated heterocycles. The minimum atomic E-state index is -0.153. The molecule has 0 radical (unpaired) electrons. The lowest BCUT2D eigenvalue weighted by Crippen LogP contribution is -2.51. The van der Waals surface area contributed by atoms with Gasteiger partial charge in [0.05, 0.1) is 0 Å². The van der Waals surface area contributed by atoms with Gasteiger partial charge < -0.3 is 9.47 Å². The van der Waals surface area contributed by atoms with Crippen LogP contribution >= 0.6 is 0 Å². The average molecular weight is 403 g/mol. The number of allylic oxidation sites excluding steroid dienone is 1.